The number of nitrogens with one attached hydrogen (secondary N) is 1. The van der Waals surface area contributed by atoms with Crippen LogP contribution in [0.15, 0.2) is 52.4 Å². The topological polar surface area (TPSA) is 55.1 Å². The first-order chi connectivity index (χ1) is 10.2. The number of hydrogen-bond donors (Lipinski definition) is 1. The zero-order valence-electron chi connectivity index (χ0n) is 10.9. The second-order valence-electron chi connectivity index (χ2n) is 4.32. The Kier molecular flexibility index (Phi) is 3.79. The molecule has 0 fully saturated rings. The van der Waals surface area contributed by atoms with E-state index in [2.05, 4.69) is 10.5 Å². The van der Waals surface area contributed by atoms with Crippen molar-refractivity contribution in [3.05, 3.63) is 64.9 Å². The van der Waals surface area contributed by atoms with Crippen LogP contribution in [0, 0.1) is 5.82 Å². The normalized spacial score (nSPS) is 10.5. The minimum absolute atomic E-state index is 0.0134. The Morgan fingerprint density at radius 3 is 2.90 bits per heavy atom. The number of nitrogens with zero attached hydrogens (tertiary/aromatic N) is 1. The lowest BCUT2D eigenvalue weighted by Crippen LogP contribution is -2.23. The van der Waals surface area contributed by atoms with Crippen molar-refractivity contribution in [3.63, 3.8) is 0 Å². The van der Waals surface area contributed by atoms with E-state index >= 15 is 0 Å². The van der Waals surface area contributed by atoms with Gasteiger partial charge in [-0.25, -0.2) is 4.39 Å². The van der Waals surface area contributed by atoms with Gasteiger partial charge in [-0.05, 0) is 23.6 Å². The summed E-state index contributed by atoms with van der Waals surface area (Å²) in [4.78, 5) is 12.8. The predicted octanol–water partition coefficient (Wildman–Crippen LogP) is 3.47. The monoisotopic (exact) mass is 302 g/mol. The van der Waals surface area contributed by atoms with Crippen LogP contribution in [0.1, 0.15) is 16.1 Å². The summed E-state index contributed by atoms with van der Waals surface area (Å²) in [5, 5.41) is 8.44. The number of thiophene rings is 1. The Morgan fingerprint density at radius 1 is 1.29 bits per heavy atom. The fraction of sp³-hybridized carbons (Fsp3) is 0.0667. The SMILES string of the molecule is O=C(NCc1cc(-c2cccs2)on1)c1ccccc1F. The molecule has 2 aromatic heterocycles. The standard InChI is InChI=1S/C15H11FN2O2S/c16-12-5-2-1-4-11(12)15(19)17-9-10-8-13(20-18-10)14-6-3-7-21-14/h1-8H,9H2,(H,17,19). The number of amides is 1. The Hall–Kier alpha value is -2.47. The lowest BCUT2D eigenvalue weighted by atomic mass is 10.2. The van der Waals surface area contributed by atoms with Crippen molar-refractivity contribution < 1.29 is 13.7 Å². The molecule has 0 aliphatic heterocycles. The molecule has 0 unspecified atom stereocenters. The third kappa shape index (κ3) is 3.00. The van der Waals surface area contributed by atoms with Gasteiger partial charge >= 0.3 is 0 Å². The van der Waals surface area contributed by atoms with E-state index in [1.165, 1.54) is 18.2 Å². The summed E-state index contributed by atoms with van der Waals surface area (Å²) in [7, 11) is 0. The molecule has 1 N–H and O–H groups in total. The fourth-order valence-electron chi connectivity index (χ4n) is 1.84. The molecule has 0 bridgehead atoms. The van der Waals surface area contributed by atoms with E-state index in [9.17, 15) is 9.18 Å². The van der Waals surface area contributed by atoms with Crippen molar-refractivity contribution in [1.29, 1.82) is 0 Å². The predicted molar refractivity (Wildman–Crippen MR) is 77.4 cm³/mol. The van der Waals surface area contributed by atoms with Gasteiger partial charge in [0.05, 0.1) is 17.0 Å². The first-order valence-electron chi connectivity index (χ1n) is 6.26. The average Bonchev–Trinajstić information content (AvgIpc) is 3.16. The van der Waals surface area contributed by atoms with Crippen LogP contribution in [0.3, 0.4) is 0 Å². The third-order valence-electron chi connectivity index (χ3n) is 2.87. The van der Waals surface area contributed by atoms with Crippen LogP contribution in [0.25, 0.3) is 10.6 Å². The largest absolute Gasteiger partial charge is 0.355 e. The van der Waals surface area contributed by atoms with Crippen LogP contribution in [-0.2, 0) is 6.54 Å². The van der Waals surface area contributed by atoms with Gasteiger partial charge in [0.15, 0.2) is 5.76 Å². The van der Waals surface area contributed by atoms with Crippen molar-refractivity contribution in [1.82, 2.24) is 10.5 Å². The second kappa shape index (κ2) is 5.88. The first-order valence-corrected chi connectivity index (χ1v) is 7.14. The Balaban J connectivity index is 1.66. The maximum Gasteiger partial charge on any atom is 0.254 e. The molecule has 0 spiro atoms. The lowest BCUT2D eigenvalue weighted by Gasteiger charge is -2.03. The van der Waals surface area contributed by atoms with Crippen LogP contribution in [0.5, 0.6) is 0 Å². The van der Waals surface area contributed by atoms with E-state index in [-0.39, 0.29) is 12.1 Å². The van der Waals surface area contributed by atoms with Crippen molar-refractivity contribution >= 4 is 17.2 Å². The third-order valence-corrected chi connectivity index (χ3v) is 3.76. The molecular weight excluding hydrogens is 291 g/mol. The maximum absolute atomic E-state index is 13.5. The summed E-state index contributed by atoms with van der Waals surface area (Å²) in [5.74, 6) is -0.372. The van der Waals surface area contributed by atoms with Crippen LogP contribution in [-0.4, -0.2) is 11.1 Å². The number of carbonyl (C=O) groups is 1. The van der Waals surface area contributed by atoms with Crippen molar-refractivity contribution in [2.24, 2.45) is 0 Å². The molecule has 0 radical (unpaired) electrons. The highest BCUT2D eigenvalue weighted by atomic mass is 32.1. The van der Waals surface area contributed by atoms with Gasteiger partial charge in [0, 0.05) is 6.07 Å². The quantitative estimate of drug-likeness (QED) is 0.803. The number of rotatable bonds is 4. The zero-order valence-corrected chi connectivity index (χ0v) is 11.7. The molecule has 0 aliphatic carbocycles. The average molecular weight is 302 g/mol. The van der Waals surface area contributed by atoms with Crippen molar-refractivity contribution in [2.45, 2.75) is 6.54 Å². The molecule has 0 saturated heterocycles. The summed E-state index contributed by atoms with van der Waals surface area (Å²) in [5.41, 5.74) is 0.600. The van der Waals surface area contributed by atoms with Gasteiger partial charge in [-0.15, -0.1) is 11.3 Å². The van der Waals surface area contributed by atoms with Crippen LogP contribution < -0.4 is 5.32 Å². The summed E-state index contributed by atoms with van der Waals surface area (Å²) in [6, 6.07) is 11.4. The Bertz CT molecular complexity index is 753. The summed E-state index contributed by atoms with van der Waals surface area (Å²) in [6.45, 7) is 0.183. The van der Waals surface area contributed by atoms with Gasteiger partial charge in [0.1, 0.15) is 11.5 Å². The minimum atomic E-state index is -0.547. The van der Waals surface area contributed by atoms with E-state index in [1.807, 2.05) is 17.5 Å². The Labute approximate surface area is 124 Å². The van der Waals surface area contributed by atoms with Crippen molar-refractivity contribution in [2.75, 3.05) is 0 Å². The number of hydrogen-bond acceptors (Lipinski definition) is 4. The van der Waals surface area contributed by atoms with E-state index in [4.69, 9.17) is 4.52 Å². The van der Waals surface area contributed by atoms with E-state index < -0.39 is 11.7 Å². The molecule has 106 valence electrons. The number of halogens is 1. The smallest absolute Gasteiger partial charge is 0.254 e. The van der Waals surface area contributed by atoms with Gasteiger partial charge in [-0.1, -0.05) is 23.4 Å². The second-order valence-corrected chi connectivity index (χ2v) is 5.27. The number of carbonyl (C=O) groups excluding carboxylic acids is 1. The van der Waals surface area contributed by atoms with E-state index in [0.717, 1.165) is 4.88 Å². The molecule has 1 amide bonds. The molecule has 1 aromatic carbocycles. The minimum Gasteiger partial charge on any atom is -0.355 e. The molecule has 21 heavy (non-hydrogen) atoms. The molecule has 0 atom stereocenters. The highest BCUT2D eigenvalue weighted by Gasteiger charge is 2.12. The van der Waals surface area contributed by atoms with Gasteiger partial charge in [0.2, 0.25) is 0 Å². The molecule has 2 heterocycles. The van der Waals surface area contributed by atoms with Crippen molar-refractivity contribution in [3.8, 4) is 10.6 Å². The zero-order chi connectivity index (χ0) is 14.7. The summed E-state index contributed by atoms with van der Waals surface area (Å²) >= 11 is 1.54. The van der Waals surface area contributed by atoms with Gasteiger partial charge in [-0.3, -0.25) is 4.79 Å². The van der Waals surface area contributed by atoms with Gasteiger partial charge in [0.25, 0.3) is 5.91 Å². The highest BCUT2D eigenvalue weighted by Crippen LogP contribution is 2.25. The summed E-state index contributed by atoms with van der Waals surface area (Å²) in [6.07, 6.45) is 0. The van der Waals surface area contributed by atoms with Gasteiger partial charge < -0.3 is 9.84 Å². The summed E-state index contributed by atoms with van der Waals surface area (Å²) < 4.78 is 18.7. The fourth-order valence-corrected chi connectivity index (χ4v) is 2.51. The highest BCUT2D eigenvalue weighted by molar-refractivity contribution is 7.13. The van der Waals surface area contributed by atoms with Gasteiger partial charge in [-0.2, -0.15) is 0 Å². The molecule has 6 heteroatoms. The van der Waals surface area contributed by atoms with E-state index in [0.29, 0.717) is 11.5 Å². The molecule has 0 saturated carbocycles. The molecule has 4 nitrogen and oxygen atoms in total. The molecule has 0 aliphatic rings. The first kappa shape index (κ1) is 13.5. The van der Waals surface area contributed by atoms with E-state index in [1.54, 1.807) is 23.5 Å². The lowest BCUT2D eigenvalue weighted by molar-refractivity contribution is 0.0946. The number of benzene rings is 1. The van der Waals surface area contributed by atoms with Crippen LogP contribution >= 0.6 is 11.3 Å². The molecule has 3 aromatic rings. The van der Waals surface area contributed by atoms with Crippen LogP contribution in [0.2, 0.25) is 0 Å². The molecular formula is C15H11FN2O2S. The van der Waals surface area contributed by atoms with Crippen LogP contribution in [0.4, 0.5) is 4.39 Å². The number of aromatic nitrogens is 1. The molecule has 3 rings (SSSR count). The Morgan fingerprint density at radius 2 is 2.14 bits per heavy atom. The maximum atomic E-state index is 13.5.